The summed E-state index contributed by atoms with van der Waals surface area (Å²) < 4.78 is 5.86. The van der Waals surface area contributed by atoms with Crippen molar-refractivity contribution in [3.05, 3.63) is 41.2 Å². The van der Waals surface area contributed by atoms with E-state index < -0.39 is 0 Å². The smallest absolute Gasteiger partial charge is 0.298 e. The van der Waals surface area contributed by atoms with Gasteiger partial charge in [-0.3, -0.25) is 9.89 Å². The fourth-order valence-electron chi connectivity index (χ4n) is 4.31. The highest BCUT2D eigenvalue weighted by atomic mass is 35.5. The Morgan fingerprint density at radius 3 is 2.82 bits per heavy atom. The Bertz CT molecular complexity index is 978. The SMILES string of the molecule is O=C(C1CCN(c2nc3ccc(Cl)cc3o2)CC1)N1CCC(c2ccn[nH]2)C1. The lowest BCUT2D eigenvalue weighted by Gasteiger charge is -2.32. The second-order valence-corrected chi connectivity index (χ2v) is 8.09. The zero-order valence-corrected chi connectivity index (χ0v) is 16.2. The van der Waals surface area contributed by atoms with Crippen LogP contribution in [0.15, 0.2) is 34.9 Å². The van der Waals surface area contributed by atoms with E-state index in [1.54, 1.807) is 12.3 Å². The molecule has 2 aliphatic rings. The summed E-state index contributed by atoms with van der Waals surface area (Å²) in [6, 6.07) is 8.08. The lowest BCUT2D eigenvalue weighted by Crippen LogP contribution is -2.42. The van der Waals surface area contributed by atoms with Crippen molar-refractivity contribution in [2.75, 3.05) is 31.1 Å². The zero-order chi connectivity index (χ0) is 19.1. The van der Waals surface area contributed by atoms with E-state index in [1.165, 1.54) is 0 Å². The highest BCUT2D eigenvalue weighted by Crippen LogP contribution is 2.31. The number of likely N-dealkylation sites (tertiary alicyclic amines) is 1. The highest BCUT2D eigenvalue weighted by molar-refractivity contribution is 6.31. The molecule has 1 N–H and O–H groups in total. The van der Waals surface area contributed by atoms with Gasteiger partial charge in [-0.2, -0.15) is 10.1 Å². The van der Waals surface area contributed by atoms with Crippen molar-refractivity contribution in [2.24, 2.45) is 5.92 Å². The Labute approximate surface area is 167 Å². The van der Waals surface area contributed by atoms with Gasteiger partial charge in [-0.15, -0.1) is 0 Å². The number of hydrogen-bond acceptors (Lipinski definition) is 5. The minimum atomic E-state index is 0.0792. The van der Waals surface area contributed by atoms with E-state index in [0.29, 0.717) is 22.5 Å². The molecule has 7 nitrogen and oxygen atoms in total. The zero-order valence-electron chi connectivity index (χ0n) is 15.5. The molecule has 5 rings (SSSR count). The van der Waals surface area contributed by atoms with Gasteiger partial charge in [0.25, 0.3) is 6.01 Å². The monoisotopic (exact) mass is 399 g/mol. The number of fused-ring (bicyclic) bond motifs is 1. The van der Waals surface area contributed by atoms with Gasteiger partial charge in [0.05, 0.1) is 0 Å². The Kier molecular flexibility index (Phi) is 4.47. The van der Waals surface area contributed by atoms with E-state index >= 15 is 0 Å². The molecule has 3 aromatic rings. The second kappa shape index (κ2) is 7.13. The molecular formula is C20H22ClN5O2. The van der Waals surface area contributed by atoms with E-state index in [9.17, 15) is 4.79 Å². The van der Waals surface area contributed by atoms with Crippen molar-refractivity contribution in [3.63, 3.8) is 0 Å². The molecule has 1 atom stereocenters. The van der Waals surface area contributed by atoms with E-state index in [0.717, 1.165) is 56.7 Å². The second-order valence-electron chi connectivity index (χ2n) is 7.65. The number of benzene rings is 1. The number of nitrogens with one attached hydrogen (secondary N) is 1. The number of piperidine rings is 1. The van der Waals surface area contributed by atoms with Crippen LogP contribution in [0.3, 0.4) is 0 Å². The molecule has 0 radical (unpaired) electrons. The van der Waals surface area contributed by atoms with Gasteiger partial charge in [0.2, 0.25) is 5.91 Å². The van der Waals surface area contributed by atoms with Gasteiger partial charge in [-0.05, 0) is 37.5 Å². The molecule has 1 aromatic carbocycles. The first kappa shape index (κ1) is 17.6. The van der Waals surface area contributed by atoms with Crippen LogP contribution in [-0.4, -0.2) is 52.2 Å². The van der Waals surface area contributed by atoms with Gasteiger partial charge in [0, 0.05) is 61.0 Å². The molecule has 1 unspecified atom stereocenters. The summed E-state index contributed by atoms with van der Waals surface area (Å²) in [5.74, 6) is 0.736. The standard InChI is InChI=1S/C20H22ClN5O2/c21-15-1-2-17-18(11-15)28-20(23-17)25-8-4-13(5-9-25)19(27)26-10-6-14(12-26)16-3-7-22-24-16/h1-3,7,11,13-14H,4-6,8-10,12H2,(H,22,24). The normalized spacial score (nSPS) is 21.0. The van der Waals surface area contributed by atoms with Crippen molar-refractivity contribution >= 4 is 34.6 Å². The van der Waals surface area contributed by atoms with Gasteiger partial charge < -0.3 is 14.2 Å². The first-order valence-electron chi connectivity index (χ1n) is 9.76. The maximum absolute atomic E-state index is 13.0. The molecule has 4 heterocycles. The highest BCUT2D eigenvalue weighted by Gasteiger charge is 2.34. The third-order valence-corrected chi connectivity index (χ3v) is 6.15. The van der Waals surface area contributed by atoms with Crippen LogP contribution in [0.5, 0.6) is 0 Å². The van der Waals surface area contributed by atoms with Crippen molar-refractivity contribution in [2.45, 2.75) is 25.2 Å². The topological polar surface area (TPSA) is 78.3 Å². The van der Waals surface area contributed by atoms with Crippen molar-refractivity contribution < 1.29 is 9.21 Å². The van der Waals surface area contributed by atoms with Gasteiger partial charge in [-0.1, -0.05) is 11.6 Å². The van der Waals surface area contributed by atoms with Crippen LogP contribution in [0.1, 0.15) is 30.9 Å². The van der Waals surface area contributed by atoms with Gasteiger partial charge in [-0.25, -0.2) is 0 Å². The number of hydrogen-bond donors (Lipinski definition) is 1. The Balaban J connectivity index is 1.20. The quantitative estimate of drug-likeness (QED) is 0.729. The number of H-pyrrole nitrogens is 1. The Morgan fingerprint density at radius 2 is 2.04 bits per heavy atom. The predicted molar refractivity (Wildman–Crippen MR) is 106 cm³/mol. The molecule has 2 aromatic heterocycles. The molecule has 0 saturated carbocycles. The molecule has 0 bridgehead atoms. The minimum absolute atomic E-state index is 0.0792. The first-order chi connectivity index (χ1) is 13.7. The summed E-state index contributed by atoms with van der Waals surface area (Å²) in [7, 11) is 0. The fourth-order valence-corrected chi connectivity index (χ4v) is 4.47. The predicted octanol–water partition coefficient (Wildman–Crippen LogP) is 3.44. The van der Waals surface area contributed by atoms with E-state index in [-0.39, 0.29) is 11.8 Å². The van der Waals surface area contributed by atoms with E-state index in [2.05, 4.69) is 20.1 Å². The summed E-state index contributed by atoms with van der Waals surface area (Å²) in [6.07, 6.45) is 4.42. The van der Waals surface area contributed by atoms with Gasteiger partial charge in [0.15, 0.2) is 5.58 Å². The molecule has 0 spiro atoms. The van der Waals surface area contributed by atoms with Crippen LogP contribution in [0.2, 0.25) is 5.02 Å². The lowest BCUT2D eigenvalue weighted by molar-refractivity contribution is -0.135. The number of carbonyl (C=O) groups excluding carboxylic acids is 1. The maximum Gasteiger partial charge on any atom is 0.298 e. The average molecular weight is 400 g/mol. The van der Waals surface area contributed by atoms with Crippen LogP contribution >= 0.6 is 11.6 Å². The van der Waals surface area contributed by atoms with Crippen molar-refractivity contribution in [1.29, 1.82) is 0 Å². The number of halogens is 1. The molecule has 2 fully saturated rings. The molecule has 28 heavy (non-hydrogen) atoms. The minimum Gasteiger partial charge on any atom is -0.423 e. The van der Waals surface area contributed by atoms with Gasteiger partial charge in [0.1, 0.15) is 5.52 Å². The van der Waals surface area contributed by atoms with E-state index in [1.807, 2.05) is 23.1 Å². The summed E-state index contributed by atoms with van der Waals surface area (Å²) >= 11 is 6.02. The molecular weight excluding hydrogens is 378 g/mol. The number of aromatic amines is 1. The number of oxazole rings is 1. The van der Waals surface area contributed by atoms with Crippen molar-refractivity contribution in [1.82, 2.24) is 20.1 Å². The number of carbonyl (C=O) groups is 1. The number of aromatic nitrogens is 3. The summed E-state index contributed by atoms with van der Waals surface area (Å²) in [4.78, 5) is 21.7. The van der Waals surface area contributed by atoms with Crippen LogP contribution in [-0.2, 0) is 4.79 Å². The Morgan fingerprint density at radius 1 is 1.18 bits per heavy atom. The fraction of sp³-hybridized carbons (Fsp3) is 0.450. The number of amides is 1. The number of anilines is 1. The molecule has 8 heteroatoms. The van der Waals surface area contributed by atoms with Crippen molar-refractivity contribution in [3.8, 4) is 0 Å². The maximum atomic E-state index is 13.0. The van der Waals surface area contributed by atoms with Crippen LogP contribution in [0.4, 0.5) is 6.01 Å². The number of rotatable bonds is 3. The average Bonchev–Trinajstić information content (AvgIpc) is 3.46. The Hall–Kier alpha value is -2.54. The number of nitrogens with zero attached hydrogens (tertiary/aromatic N) is 4. The van der Waals surface area contributed by atoms with Crippen LogP contribution in [0.25, 0.3) is 11.1 Å². The van der Waals surface area contributed by atoms with Crippen LogP contribution < -0.4 is 4.90 Å². The summed E-state index contributed by atoms with van der Waals surface area (Å²) in [5, 5.41) is 7.70. The molecule has 0 aliphatic carbocycles. The lowest BCUT2D eigenvalue weighted by atomic mass is 9.95. The van der Waals surface area contributed by atoms with Gasteiger partial charge >= 0.3 is 0 Å². The molecule has 1 amide bonds. The molecule has 146 valence electrons. The van der Waals surface area contributed by atoms with Crippen LogP contribution in [0, 0.1) is 5.92 Å². The molecule has 2 aliphatic heterocycles. The third kappa shape index (κ3) is 3.24. The third-order valence-electron chi connectivity index (χ3n) is 5.92. The summed E-state index contributed by atoms with van der Waals surface area (Å²) in [5.41, 5.74) is 2.63. The first-order valence-corrected chi connectivity index (χ1v) is 10.1. The largest absolute Gasteiger partial charge is 0.423 e. The summed E-state index contributed by atoms with van der Waals surface area (Å²) in [6.45, 7) is 3.16. The van der Waals surface area contributed by atoms with E-state index in [4.69, 9.17) is 16.0 Å². The molecule has 2 saturated heterocycles.